The van der Waals surface area contributed by atoms with Crippen LogP contribution in [0.25, 0.3) is 0 Å². The van der Waals surface area contributed by atoms with Crippen LogP contribution in [0.2, 0.25) is 0 Å². The van der Waals surface area contributed by atoms with Crippen LogP contribution in [0.1, 0.15) is 13.8 Å². The second kappa shape index (κ2) is 8.04. The van der Waals surface area contributed by atoms with E-state index in [9.17, 15) is 14.4 Å². The molecule has 0 spiro atoms. The van der Waals surface area contributed by atoms with E-state index in [0.29, 0.717) is 18.2 Å². The van der Waals surface area contributed by atoms with Crippen molar-refractivity contribution in [3.05, 3.63) is 10.4 Å². The van der Waals surface area contributed by atoms with Crippen LogP contribution in [0.4, 0.5) is 17.5 Å². The van der Waals surface area contributed by atoms with Crippen LogP contribution in [0.15, 0.2) is 4.79 Å². The molecule has 1 aromatic rings. The van der Waals surface area contributed by atoms with E-state index in [2.05, 4.69) is 4.98 Å². The average Bonchev–Trinajstić information content (AvgIpc) is 2.87. The van der Waals surface area contributed by atoms with Crippen LogP contribution < -0.4 is 21.1 Å². The van der Waals surface area contributed by atoms with Gasteiger partial charge in [-0.25, -0.2) is 0 Å². The summed E-state index contributed by atoms with van der Waals surface area (Å²) >= 11 is 0. The smallest absolute Gasteiger partial charge is 0.302 e. The molecule has 1 aliphatic rings. The van der Waals surface area contributed by atoms with Crippen LogP contribution in [-0.4, -0.2) is 61.3 Å². The zero-order valence-corrected chi connectivity index (χ0v) is 15.2. The minimum atomic E-state index is -0.652. The Balaban J connectivity index is 2.09. The lowest BCUT2D eigenvalue weighted by Crippen LogP contribution is -2.36. The van der Waals surface area contributed by atoms with Gasteiger partial charge in [-0.1, -0.05) is 0 Å². The van der Waals surface area contributed by atoms with Gasteiger partial charge >= 0.3 is 11.9 Å². The molecule has 11 nitrogen and oxygen atoms in total. The summed E-state index contributed by atoms with van der Waals surface area (Å²) in [6, 6.07) is 0. The van der Waals surface area contributed by atoms with Crippen molar-refractivity contribution in [3.8, 4) is 0 Å². The van der Waals surface area contributed by atoms with Crippen molar-refractivity contribution in [1.29, 1.82) is 0 Å². The highest BCUT2D eigenvalue weighted by Gasteiger charge is 2.30. The topological polar surface area (TPSA) is 129 Å². The van der Waals surface area contributed by atoms with E-state index in [-0.39, 0.29) is 31.5 Å². The van der Waals surface area contributed by atoms with Crippen molar-refractivity contribution in [1.82, 2.24) is 9.55 Å². The molecule has 2 heterocycles. The molecule has 0 atom stereocenters. The Morgan fingerprint density at radius 3 is 2.31 bits per heavy atom. The van der Waals surface area contributed by atoms with Gasteiger partial charge in [-0.3, -0.25) is 19.0 Å². The highest BCUT2D eigenvalue weighted by molar-refractivity contribution is 5.72. The third-order valence-corrected chi connectivity index (χ3v) is 3.76. The number of anilines is 3. The van der Waals surface area contributed by atoms with E-state index < -0.39 is 18.0 Å². The maximum Gasteiger partial charge on any atom is 0.302 e. The van der Waals surface area contributed by atoms with Crippen LogP contribution >= 0.6 is 0 Å². The first-order chi connectivity index (χ1) is 12.2. The molecule has 144 valence electrons. The first-order valence-corrected chi connectivity index (χ1v) is 7.91. The summed E-state index contributed by atoms with van der Waals surface area (Å²) in [5, 5.41) is 0. The fourth-order valence-electron chi connectivity index (χ4n) is 2.41. The Morgan fingerprint density at radius 2 is 1.77 bits per heavy atom. The number of hydrogen-bond donors (Lipinski definition) is 1. The third-order valence-electron chi connectivity index (χ3n) is 3.76. The van der Waals surface area contributed by atoms with Gasteiger partial charge in [0.2, 0.25) is 5.95 Å². The molecule has 11 heteroatoms. The van der Waals surface area contributed by atoms with E-state index in [1.54, 1.807) is 23.9 Å². The van der Waals surface area contributed by atoms with Crippen molar-refractivity contribution in [2.75, 3.05) is 49.2 Å². The summed E-state index contributed by atoms with van der Waals surface area (Å²) in [4.78, 5) is 42.0. The van der Waals surface area contributed by atoms with Gasteiger partial charge in [-0.05, 0) is 0 Å². The summed E-state index contributed by atoms with van der Waals surface area (Å²) in [5.74, 6) is -0.437. The lowest BCUT2D eigenvalue weighted by atomic mass is 10.4. The Hall–Kier alpha value is -2.82. The molecule has 0 aromatic carbocycles. The second-order valence-corrected chi connectivity index (χ2v) is 5.91. The van der Waals surface area contributed by atoms with Gasteiger partial charge in [-0.2, -0.15) is 4.98 Å². The normalized spacial score (nSPS) is 13.1. The van der Waals surface area contributed by atoms with Crippen molar-refractivity contribution < 1.29 is 23.8 Å². The Kier molecular flexibility index (Phi) is 6.03. The Labute approximate surface area is 150 Å². The molecule has 0 amide bonds. The maximum absolute atomic E-state index is 12.3. The zero-order chi connectivity index (χ0) is 19.4. The fraction of sp³-hybridized carbons (Fsp3) is 0.600. The number of aromatic nitrogens is 2. The van der Waals surface area contributed by atoms with Crippen molar-refractivity contribution in [2.24, 2.45) is 7.05 Å². The van der Waals surface area contributed by atoms with Gasteiger partial charge in [0.15, 0.2) is 5.82 Å². The van der Waals surface area contributed by atoms with Gasteiger partial charge in [0, 0.05) is 27.9 Å². The van der Waals surface area contributed by atoms with Crippen LogP contribution in [0, 0.1) is 0 Å². The number of fused-ring (bicyclic) bond motifs is 1. The number of rotatable bonds is 7. The van der Waals surface area contributed by atoms with Crippen LogP contribution in [-0.2, 0) is 30.8 Å². The molecule has 26 heavy (non-hydrogen) atoms. The molecule has 2 N–H and O–H groups in total. The second-order valence-electron chi connectivity index (χ2n) is 5.91. The number of nitrogen functional groups attached to an aromatic ring is 1. The lowest BCUT2D eigenvalue weighted by Gasteiger charge is -2.23. The van der Waals surface area contributed by atoms with E-state index >= 15 is 0 Å². The number of hydrogen-bond acceptors (Lipinski definition) is 10. The number of nitrogens with two attached hydrogens (primary N) is 1. The van der Waals surface area contributed by atoms with E-state index in [0.717, 1.165) is 0 Å². The maximum atomic E-state index is 12.3. The predicted octanol–water partition coefficient (Wildman–Crippen LogP) is -0.955. The Bertz CT molecular complexity index is 731. The minimum Gasteiger partial charge on any atom is -0.463 e. The number of ether oxygens (including phenoxy) is 3. The van der Waals surface area contributed by atoms with E-state index in [4.69, 9.17) is 19.9 Å². The van der Waals surface area contributed by atoms with E-state index in [1.807, 2.05) is 0 Å². The molecule has 0 fully saturated rings. The summed E-state index contributed by atoms with van der Waals surface area (Å²) in [6.07, 6.45) is -0.652. The highest BCUT2D eigenvalue weighted by atomic mass is 16.6. The number of nitrogens with zero attached hydrogens (tertiary/aromatic N) is 4. The van der Waals surface area contributed by atoms with Gasteiger partial charge in [-0.15, -0.1) is 0 Å². The zero-order valence-electron chi connectivity index (χ0n) is 15.2. The number of carbonyl (C=O) groups excluding carboxylic acids is 2. The first kappa shape index (κ1) is 19.5. The molecule has 1 aromatic heterocycles. The first-order valence-electron chi connectivity index (χ1n) is 7.91. The quantitative estimate of drug-likeness (QED) is 0.600. The number of carbonyl (C=O) groups is 2. The molecule has 0 aliphatic carbocycles. The lowest BCUT2D eigenvalue weighted by molar-refractivity contribution is -0.152. The minimum absolute atomic E-state index is 0.0458. The van der Waals surface area contributed by atoms with E-state index in [1.165, 1.54) is 18.4 Å². The summed E-state index contributed by atoms with van der Waals surface area (Å²) < 4.78 is 16.8. The van der Waals surface area contributed by atoms with Crippen molar-refractivity contribution in [3.63, 3.8) is 0 Å². The fourth-order valence-corrected chi connectivity index (χ4v) is 2.41. The molecule has 1 aliphatic heterocycles. The van der Waals surface area contributed by atoms with Gasteiger partial charge < -0.3 is 29.7 Å². The summed E-state index contributed by atoms with van der Waals surface area (Å²) in [5.41, 5.74) is 5.93. The van der Waals surface area contributed by atoms with Gasteiger partial charge in [0.05, 0.1) is 6.67 Å². The van der Waals surface area contributed by atoms with Crippen LogP contribution in [0.5, 0.6) is 0 Å². The SMILES string of the molecule is CC(=O)OCC(COC(C)=O)OCN1CN(C)c2c1nc(N)n(C)c2=O. The molecule has 0 unspecified atom stereocenters. The molecule has 0 radical (unpaired) electrons. The average molecular weight is 369 g/mol. The highest BCUT2D eigenvalue weighted by Crippen LogP contribution is 2.30. The third kappa shape index (κ3) is 4.42. The van der Waals surface area contributed by atoms with Crippen LogP contribution in [0.3, 0.4) is 0 Å². The molecular formula is C15H23N5O6. The Morgan fingerprint density at radius 1 is 1.19 bits per heavy atom. The molecule has 0 saturated carbocycles. The molecular weight excluding hydrogens is 346 g/mol. The largest absolute Gasteiger partial charge is 0.463 e. The van der Waals surface area contributed by atoms with Crippen molar-refractivity contribution in [2.45, 2.75) is 20.0 Å². The molecule has 2 rings (SSSR count). The monoisotopic (exact) mass is 369 g/mol. The standard InChI is InChI=1S/C15H23N5O6/c1-9(21)24-5-11(6-25-10(2)22)26-8-20-7-18(3)12-13(20)17-15(16)19(4)14(12)23/h11H,5-8H2,1-4H3,(H2,16,17). The van der Waals surface area contributed by atoms with Gasteiger partial charge in [0.1, 0.15) is 31.7 Å². The molecule has 0 bridgehead atoms. The van der Waals surface area contributed by atoms with Crippen molar-refractivity contribution >= 4 is 29.4 Å². The van der Waals surface area contributed by atoms with Gasteiger partial charge in [0.25, 0.3) is 5.56 Å². The number of esters is 2. The summed E-state index contributed by atoms with van der Waals surface area (Å²) in [6.45, 7) is 2.84. The summed E-state index contributed by atoms with van der Waals surface area (Å²) in [7, 11) is 3.31. The predicted molar refractivity (Wildman–Crippen MR) is 92.6 cm³/mol. The molecule has 0 saturated heterocycles.